The molecule has 4 heteroatoms. The van der Waals surface area contributed by atoms with Crippen LogP contribution in [0, 0.1) is 24.0 Å². The Balaban J connectivity index is 2.13. The van der Waals surface area contributed by atoms with Gasteiger partial charge in [0.2, 0.25) is 0 Å². The highest BCUT2D eigenvalue weighted by molar-refractivity contribution is 5.49. The second-order valence-electron chi connectivity index (χ2n) is 5.82. The molecular weight excluding hydrogens is 260 g/mol. The average Bonchev–Trinajstić information content (AvgIpc) is 2.42. The van der Waals surface area contributed by atoms with Crippen LogP contribution >= 0.6 is 0 Å². The summed E-state index contributed by atoms with van der Waals surface area (Å²) >= 11 is 0. The zero-order valence-corrected chi connectivity index (χ0v) is 12.6. The summed E-state index contributed by atoms with van der Waals surface area (Å²) in [4.78, 5) is 0. The van der Waals surface area contributed by atoms with Gasteiger partial charge in [-0.2, -0.15) is 0 Å². The molecule has 20 heavy (non-hydrogen) atoms. The van der Waals surface area contributed by atoms with Crippen LogP contribution in [0.3, 0.4) is 0 Å². The number of halogens is 2. The van der Waals surface area contributed by atoms with Crippen molar-refractivity contribution in [2.45, 2.75) is 52.7 Å². The Morgan fingerprint density at radius 1 is 1.30 bits per heavy atom. The Morgan fingerprint density at radius 2 is 2.00 bits per heavy atom. The predicted octanol–water partition coefficient (Wildman–Crippen LogP) is 4.28. The van der Waals surface area contributed by atoms with Gasteiger partial charge in [0.15, 0.2) is 0 Å². The van der Waals surface area contributed by atoms with E-state index in [1.807, 2.05) is 6.92 Å². The van der Waals surface area contributed by atoms with Crippen molar-refractivity contribution < 1.29 is 13.5 Å². The van der Waals surface area contributed by atoms with E-state index in [0.29, 0.717) is 12.2 Å². The standard InChI is InChI=1S/C16H23F2NO/c1-5-16(4)14(9-15(16)20-6-2)19-13-8-11(17)10(3)7-12(13)18/h7-8,14-15,19H,5-6,9H2,1-4H3. The van der Waals surface area contributed by atoms with Gasteiger partial charge in [-0.15, -0.1) is 0 Å². The fourth-order valence-electron chi connectivity index (χ4n) is 2.92. The second-order valence-corrected chi connectivity index (χ2v) is 5.82. The minimum atomic E-state index is -0.401. The number of ether oxygens (including phenoxy) is 1. The summed E-state index contributed by atoms with van der Waals surface area (Å²) in [5.41, 5.74) is 0.531. The van der Waals surface area contributed by atoms with E-state index < -0.39 is 5.82 Å². The van der Waals surface area contributed by atoms with Crippen molar-refractivity contribution >= 4 is 5.69 Å². The summed E-state index contributed by atoms with van der Waals surface area (Å²) in [7, 11) is 0. The summed E-state index contributed by atoms with van der Waals surface area (Å²) in [6, 6.07) is 2.59. The van der Waals surface area contributed by atoms with Crippen molar-refractivity contribution in [2.24, 2.45) is 5.41 Å². The van der Waals surface area contributed by atoms with Crippen molar-refractivity contribution in [3.63, 3.8) is 0 Å². The van der Waals surface area contributed by atoms with Crippen LogP contribution in [0.15, 0.2) is 12.1 Å². The van der Waals surface area contributed by atoms with E-state index in [4.69, 9.17) is 4.74 Å². The Labute approximate surface area is 119 Å². The zero-order valence-electron chi connectivity index (χ0n) is 12.6. The minimum Gasteiger partial charge on any atom is -0.379 e. The molecule has 0 bridgehead atoms. The molecule has 0 heterocycles. The van der Waals surface area contributed by atoms with Crippen LogP contribution in [0.4, 0.5) is 14.5 Å². The number of nitrogens with one attached hydrogen (secondary N) is 1. The third-order valence-corrected chi connectivity index (χ3v) is 4.69. The first-order valence-corrected chi connectivity index (χ1v) is 7.26. The van der Waals surface area contributed by atoms with Crippen LogP contribution < -0.4 is 5.32 Å². The number of rotatable bonds is 5. The minimum absolute atomic E-state index is 0.0379. The molecule has 1 saturated carbocycles. The number of hydrogen-bond acceptors (Lipinski definition) is 2. The predicted molar refractivity (Wildman–Crippen MR) is 76.9 cm³/mol. The second kappa shape index (κ2) is 5.68. The molecule has 0 radical (unpaired) electrons. The lowest BCUT2D eigenvalue weighted by atomic mass is 9.61. The van der Waals surface area contributed by atoms with Gasteiger partial charge >= 0.3 is 0 Å². The fourth-order valence-corrected chi connectivity index (χ4v) is 2.92. The zero-order chi connectivity index (χ0) is 14.9. The number of hydrogen-bond donors (Lipinski definition) is 1. The number of aryl methyl sites for hydroxylation is 1. The molecule has 1 aromatic carbocycles. The van der Waals surface area contributed by atoms with E-state index in [1.54, 1.807) is 6.92 Å². The van der Waals surface area contributed by atoms with Gasteiger partial charge in [0.25, 0.3) is 0 Å². The molecule has 1 fully saturated rings. The summed E-state index contributed by atoms with van der Waals surface area (Å²) in [6.45, 7) is 8.46. The molecular formula is C16H23F2NO. The third kappa shape index (κ3) is 2.53. The summed E-state index contributed by atoms with van der Waals surface area (Å²) in [5, 5.41) is 3.15. The lowest BCUT2D eigenvalue weighted by Crippen LogP contribution is -2.59. The van der Waals surface area contributed by atoms with Gasteiger partial charge in [0, 0.05) is 24.1 Å². The largest absolute Gasteiger partial charge is 0.379 e. The van der Waals surface area contributed by atoms with Crippen LogP contribution in [0.5, 0.6) is 0 Å². The topological polar surface area (TPSA) is 21.3 Å². The lowest BCUT2D eigenvalue weighted by Gasteiger charge is -2.53. The molecule has 0 aliphatic heterocycles. The maximum Gasteiger partial charge on any atom is 0.146 e. The van der Waals surface area contributed by atoms with Crippen molar-refractivity contribution in [3.8, 4) is 0 Å². The fraction of sp³-hybridized carbons (Fsp3) is 0.625. The van der Waals surface area contributed by atoms with Crippen LogP contribution in [-0.2, 0) is 4.74 Å². The van der Waals surface area contributed by atoms with E-state index in [9.17, 15) is 8.78 Å². The first-order chi connectivity index (χ1) is 9.42. The van der Waals surface area contributed by atoms with Crippen LogP contribution in [-0.4, -0.2) is 18.8 Å². The molecule has 3 unspecified atom stereocenters. The molecule has 2 rings (SSSR count). The van der Waals surface area contributed by atoms with Gasteiger partial charge in [-0.25, -0.2) is 8.78 Å². The summed E-state index contributed by atoms with van der Waals surface area (Å²) in [5.74, 6) is -0.782. The molecule has 1 aliphatic rings. The van der Waals surface area contributed by atoms with Crippen molar-refractivity contribution in [1.29, 1.82) is 0 Å². The highest BCUT2D eigenvalue weighted by Crippen LogP contribution is 2.47. The van der Waals surface area contributed by atoms with Gasteiger partial charge in [0.05, 0.1) is 11.8 Å². The lowest BCUT2D eigenvalue weighted by molar-refractivity contribution is -0.109. The van der Waals surface area contributed by atoms with E-state index in [-0.39, 0.29) is 29.1 Å². The molecule has 0 aromatic heterocycles. The number of benzene rings is 1. The monoisotopic (exact) mass is 283 g/mol. The SMILES string of the molecule is CCOC1CC(Nc2cc(F)c(C)cc2F)C1(C)CC. The smallest absolute Gasteiger partial charge is 0.146 e. The van der Waals surface area contributed by atoms with Gasteiger partial charge < -0.3 is 10.1 Å². The molecule has 0 spiro atoms. The molecule has 1 N–H and O–H groups in total. The molecule has 0 amide bonds. The molecule has 1 aromatic rings. The molecule has 3 atom stereocenters. The Bertz CT molecular complexity index is 492. The van der Waals surface area contributed by atoms with E-state index >= 15 is 0 Å². The van der Waals surface area contributed by atoms with Crippen LogP contribution in [0.2, 0.25) is 0 Å². The van der Waals surface area contributed by atoms with Crippen molar-refractivity contribution in [2.75, 3.05) is 11.9 Å². The van der Waals surface area contributed by atoms with Gasteiger partial charge in [-0.1, -0.05) is 13.8 Å². The Morgan fingerprint density at radius 3 is 2.60 bits per heavy atom. The van der Waals surface area contributed by atoms with Crippen molar-refractivity contribution in [3.05, 3.63) is 29.3 Å². The molecule has 112 valence electrons. The van der Waals surface area contributed by atoms with Gasteiger partial charge in [-0.3, -0.25) is 0 Å². The maximum absolute atomic E-state index is 13.9. The summed E-state index contributed by atoms with van der Waals surface area (Å²) in [6.07, 6.45) is 1.95. The third-order valence-electron chi connectivity index (χ3n) is 4.69. The highest BCUT2D eigenvalue weighted by Gasteiger charge is 2.51. The van der Waals surface area contributed by atoms with Gasteiger partial charge in [-0.05, 0) is 38.3 Å². The average molecular weight is 283 g/mol. The molecule has 0 saturated heterocycles. The van der Waals surface area contributed by atoms with E-state index in [0.717, 1.165) is 12.8 Å². The van der Waals surface area contributed by atoms with Gasteiger partial charge in [0.1, 0.15) is 11.6 Å². The maximum atomic E-state index is 13.9. The Hall–Kier alpha value is -1.16. The highest BCUT2D eigenvalue weighted by atomic mass is 19.1. The Kier molecular flexibility index (Phi) is 4.33. The first kappa shape index (κ1) is 15.2. The molecule has 2 nitrogen and oxygen atoms in total. The first-order valence-electron chi connectivity index (χ1n) is 7.26. The summed E-state index contributed by atoms with van der Waals surface area (Å²) < 4.78 is 33.2. The van der Waals surface area contributed by atoms with E-state index in [2.05, 4.69) is 19.2 Å². The normalized spacial score (nSPS) is 29.1. The van der Waals surface area contributed by atoms with Crippen LogP contribution in [0.25, 0.3) is 0 Å². The van der Waals surface area contributed by atoms with Crippen molar-refractivity contribution in [1.82, 2.24) is 0 Å². The molecule has 1 aliphatic carbocycles. The number of anilines is 1. The van der Waals surface area contributed by atoms with Crippen LogP contribution in [0.1, 0.15) is 39.2 Å². The van der Waals surface area contributed by atoms with E-state index in [1.165, 1.54) is 12.1 Å². The quantitative estimate of drug-likeness (QED) is 0.871.